The summed E-state index contributed by atoms with van der Waals surface area (Å²) in [5.74, 6) is 0.146. The number of halogens is 1. The minimum atomic E-state index is -0.829. The Balaban J connectivity index is 1.92. The van der Waals surface area contributed by atoms with Crippen molar-refractivity contribution in [2.45, 2.75) is 31.1 Å². The van der Waals surface area contributed by atoms with Crippen LogP contribution >= 0.6 is 11.6 Å². The molecule has 0 unspecified atom stereocenters. The molecule has 0 radical (unpaired) electrons. The van der Waals surface area contributed by atoms with Gasteiger partial charge in [-0.1, -0.05) is 0 Å². The summed E-state index contributed by atoms with van der Waals surface area (Å²) in [4.78, 5) is 22.7. The normalized spacial score (nSPS) is 22.8. The van der Waals surface area contributed by atoms with Crippen LogP contribution in [-0.4, -0.2) is 16.9 Å². The molecule has 0 aliphatic heterocycles. The van der Waals surface area contributed by atoms with Gasteiger partial charge in [-0.3, -0.25) is 9.59 Å². The van der Waals surface area contributed by atoms with Gasteiger partial charge in [0.25, 0.3) is 0 Å². The summed E-state index contributed by atoms with van der Waals surface area (Å²) in [6.07, 6.45) is 3.72. The Hall–Kier alpha value is -0.370. The average molecular weight is 187 g/mol. The quantitative estimate of drug-likeness (QED) is 0.493. The minimum absolute atomic E-state index is 0.0337. The van der Waals surface area contributed by atoms with E-state index in [4.69, 9.17) is 11.6 Å². The summed E-state index contributed by atoms with van der Waals surface area (Å²) in [6, 6.07) is 0. The molecule has 0 aromatic rings. The fourth-order valence-corrected chi connectivity index (χ4v) is 1.65. The summed E-state index contributed by atoms with van der Waals surface area (Å²) in [5.41, 5.74) is 0. The maximum atomic E-state index is 11.3. The van der Waals surface area contributed by atoms with E-state index in [1.165, 1.54) is 0 Å². The van der Waals surface area contributed by atoms with Crippen molar-refractivity contribution in [3.63, 3.8) is 0 Å². The molecule has 66 valence electrons. The van der Waals surface area contributed by atoms with Gasteiger partial charge in [0.2, 0.25) is 0 Å². The number of hydrogen-bond acceptors (Lipinski definition) is 2. The molecule has 12 heavy (non-hydrogen) atoms. The van der Waals surface area contributed by atoms with Gasteiger partial charge in [-0.2, -0.15) is 0 Å². The van der Waals surface area contributed by atoms with Crippen LogP contribution in [0.2, 0.25) is 0 Å². The third-order valence-electron chi connectivity index (χ3n) is 2.46. The third-order valence-corrected chi connectivity index (χ3v) is 2.89. The summed E-state index contributed by atoms with van der Waals surface area (Å²) in [5, 5.41) is -0.829. The standard InChI is InChI=1S/C9H11ClO2/c10-7(8(11)5-1-2-5)9(12)6-3-4-6/h5-7H,1-4H2. The van der Waals surface area contributed by atoms with Crippen LogP contribution in [0.1, 0.15) is 25.7 Å². The lowest BCUT2D eigenvalue weighted by atomic mass is 10.1. The van der Waals surface area contributed by atoms with Gasteiger partial charge in [0, 0.05) is 11.8 Å². The molecule has 2 aliphatic rings. The van der Waals surface area contributed by atoms with Crippen LogP contribution in [0.3, 0.4) is 0 Å². The first-order valence-corrected chi connectivity index (χ1v) is 4.85. The Morgan fingerprint density at radius 3 is 1.58 bits per heavy atom. The van der Waals surface area contributed by atoms with E-state index in [-0.39, 0.29) is 23.4 Å². The number of carbonyl (C=O) groups is 2. The zero-order valence-electron chi connectivity index (χ0n) is 6.75. The topological polar surface area (TPSA) is 34.1 Å². The molecular weight excluding hydrogens is 176 g/mol. The zero-order valence-corrected chi connectivity index (χ0v) is 7.51. The van der Waals surface area contributed by atoms with Crippen LogP contribution in [0.25, 0.3) is 0 Å². The number of Topliss-reactive ketones (excluding diaryl/α,β-unsaturated/α-hetero) is 2. The van der Waals surface area contributed by atoms with Crippen LogP contribution in [0.15, 0.2) is 0 Å². The zero-order chi connectivity index (χ0) is 8.72. The number of alkyl halides is 1. The SMILES string of the molecule is O=C(C1CC1)C(Cl)C(=O)C1CC1. The van der Waals surface area contributed by atoms with E-state index in [9.17, 15) is 9.59 Å². The number of rotatable bonds is 4. The van der Waals surface area contributed by atoms with Gasteiger partial charge in [-0.05, 0) is 25.7 Å². The summed E-state index contributed by atoms with van der Waals surface area (Å²) >= 11 is 5.75. The molecule has 0 aromatic heterocycles. The highest BCUT2D eigenvalue weighted by atomic mass is 35.5. The van der Waals surface area contributed by atoms with Crippen molar-refractivity contribution in [2.75, 3.05) is 0 Å². The first-order chi connectivity index (χ1) is 5.70. The lowest BCUT2D eigenvalue weighted by Gasteiger charge is -2.04. The van der Waals surface area contributed by atoms with Crippen molar-refractivity contribution in [3.8, 4) is 0 Å². The molecule has 2 aliphatic carbocycles. The molecule has 2 fully saturated rings. The van der Waals surface area contributed by atoms with Crippen molar-refractivity contribution in [1.29, 1.82) is 0 Å². The number of hydrogen-bond donors (Lipinski definition) is 0. The first kappa shape index (κ1) is 8.24. The second kappa shape index (κ2) is 2.84. The molecule has 0 spiro atoms. The maximum absolute atomic E-state index is 11.3. The fraction of sp³-hybridized carbons (Fsp3) is 0.778. The van der Waals surface area contributed by atoms with E-state index >= 15 is 0 Å². The van der Waals surface area contributed by atoms with E-state index in [2.05, 4.69) is 0 Å². The second-order valence-corrected chi connectivity index (χ2v) is 4.15. The van der Waals surface area contributed by atoms with E-state index < -0.39 is 5.38 Å². The van der Waals surface area contributed by atoms with Gasteiger partial charge in [0.1, 0.15) is 0 Å². The monoisotopic (exact) mass is 186 g/mol. The van der Waals surface area contributed by atoms with Crippen molar-refractivity contribution < 1.29 is 9.59 Å². The maximum Gasteiger partial charge on any atom is 0.161 e. The first-order valence-electron chi connectivity index (χ1n) is 4.41. The molecule has 0 atom stereocenters. The van der Waals surface area contributed by atoms with Gasteiger partial charge < -0.3 is 0 Å². The number of ketones is 2. The molecule has 2 nitrogen and oxygen atoms in total. The summed E-state index contributed by atoms with van der Waals surface area (Å²) in [6.45, 7) is 0. The lowest BCUT2D eigenvalue weighted by molar-refractivity contribution is -0.127. The average Bonchev–Trinajstić information content (AvgIpc) is 2.90. The highest BCUT2D eigenvalue weighted by Crippen LogP contribution is 2.36. The van der Waals surface area contributed by atoms with Gasteiger partial charge in [0.15, 0.2) is 16.9 Å². The minimum Gasteiger partial charge on any atom is -0.297 e. The highest BCUT2D eigenvalue weighted by molar-refractivity contribution is 6.43. The van der Waals surface area contributed by atoms with Crippen LogP contribution in [0.5, 0.6) is 0 Å². The molecule has 0 aromatic carbocycles. The van der Waals surface area contributed by atoms with E-state index in [1.54, 1.807) is 0 Å². The molecular formula is C9H11ClO2. The number of carbonyl (C=O) groups excluding carboxylic acids is 2. The van der Waals surface area contributed by atoms with Crippen LogP contribution < -0.4 is 0 Å². The molecule has 0 amide bonds. The Morgan fingerprint density at radius 1 is 1.00 bits per heavy atom. The molecule has 0 heterocycles. The highest BCUT2D eigenvalue weighted by Gasteiger charge is 2.42. The van der Waals surface area contributed by atoms with E-state index in [0.717, 1.165) is 25.7 Å². The van der Waals surface area contributed by atoms with Crippen LogP contribution in [0.4, 0.5) is 0 Å². The molecule has 0 N–H and O–H groups in total. The summed E-state index contributed by atoms with van der Waals surface area (Å²) in [7, 11) is 0. The van der Waals surface area contributed by atoms with Crippen molar-refractivity contribution in [1.82, 2.24) is 0 Å². The summed E-state index contributed by atoms with van der Waals surface area (Å²) < 4.78 is 0. The Morgan fingerprint density at radius 2 is 1.33 bits per heavy atom. The second-order valence-electron chi connectivity index (χ2n) is 3.72. The van der Waals surface area contributed by atoms with Gasteiger partial charge in [0.05, 0.1) is 0 Å². The molecule has 2 saturated carbocycles. The van der Waals surface area contributed by atoms with E-state index in [0.29, 0.717) is 0 Å². The largest absolute Gasteiger partial charge is 0.297 e. The predicted octanol–water partition coefficient (Wildman–Crippen LogP) is 1.55. The fourth-order valence-electron chi connectivity index (χ4n) is 1.29. The molecule has 2 rings (SSSR count). The van der Waals surface area contributed by atoms with Gasteiger partial charge in [-0.25, -0.2) is 0 Å². The van der Waals surface area contributed by atoms with Crippen molar-refractivity contribution >= 4 is 23.2 Å². The van der Waals surface area contributed by atoms with Crippen LogP contribution in [0, 0.1) is 11.8 Å². The van der Waals surface area contributed by atoms with Crippen molar-refractivity contribution in [3.05, 3.63) is 0 Å². The Labute approximate surface area is 76.3 Å². The molecule has 0 saturated heterocycles. The Bertz CT molecular complexity index is 205. The Kier molecular flexibility index (Phi) is 1.95. The molecule has 0 bridgehead atoms. The molecule has 3 heteroatoms. The van der Waals surface area contributed by atoms with Crippen LogP contribution in [-0.2, 0) is 9.59 Å². The third kappa shape index (κ3) is 1.53. The van der Waals surface area contributed by atoms with Gasteiger partial charge >= 0.3 is 0 Å². The smallest absolute Gasteiger partial charge is 0.161 e. The van der Waals surface area contributed by atoms with Crippen molar-refractivity contribution in [2.24, 2.45) is 11.8 Å². The lowest BCUT2D eigenvalue weighted by Crippen LogP contribution is -2.27. The van der Waals surface area contributed by atoms with Gasteiger partial charge in [-0.15, -0.1) is 11.6 Å². The van der Waals surface area contributed by atoms with E-state index in [1.807, 2.05) is 0 Å². The predicted molar refractivity (Wildman–Crippen MR) is 45.1 cm³/mol.